The highest BCUT2D eigenvalue weighted by molar-refractivity contribution is 5.94. The Balaban J connectivity index is 1.26. The molecule has 1 saturated carbocycles. The smallest absolute Gasteiger partial charge is 0.313 e. The zero-order chi connectivity index (χ0) is 21.0. The van der Waals surface area contributed by atoms with Crippen LogP contribution in [-0.2, 0) is 22.4 Å². The van der Waals surface area contributed by atoms with Crippen LogP contribution in [0.5, 0.6) is 0 Å². The van der Waals surface area contributed by atoms with Gasteiger partial charge in [0.15, 0.2) is 0 Å². The zero-order valence-electron chi connectivity index (χ0n) is 17.4. The number of carbonyl (C=O) groups is 2. The minimum absolute atomic E-state index is 0.0492. The Morgan fingerprint density at radius 1 is 1.07 bits per heavy atom. The second-order valence-electron chi connectivity index (χ2n) is 8.65. The number of hydrogen-bond donors (Lipinski definition) is 1. The maximum atomic E-state index is 12.4. The summed E-state index contributed by atoms with van der Waals surface area (Å²) in [5.41, 5.74) is 3.73. The van der Waals surface area contributed by atoms with Crippen LogP contribution in [-0.4, -0.2) is 25.0 Å². The van der Waals surface area contributed by atoms with Crippen molar-refractivity contribution < 1.29 is 14.3 Å². The molecule has 2 atom stereocenters. The van der Waals surface area contributed by atoms with Crippen LogP contribution in [0.15, 0.2) is 66.7 Å². The average molecular weight is 404 g/mol. The van der Waals surface area contributed by atoms with Gasteiger partial charge in [0.25, 0.3) is 5.91 Å². The molecule has 2 aromatic rings. The lowest BCUT2D eigenvalue weighted by atomic mass is 9.75. The molecule has 4 nitrogen and oxygen atoms in total. The highest BCUT2D eigenvalue weighted by Crippen LogP contribution is 2.52. The number of allylic oxidation sites excluding steroid dienone is 1. The molecular formula is C26H29NO3. The molecule has 156 valence electrons. The third kappa shape index (κ3) is 4.33. The maximum Gasteiger partial charge on any atom is 0.313 e. The van der Waals surface area contributed by atoms with Crippen LogP contribution in [0.4, 0.5) is 0 Å². The quantitative estimate of drug-likeness (QED) is 0.401. The van der Waals surface area contributed by atoms with Gasteiger partial charge >= 0.3 is 5.97 Å². The lowest BCUT2D eigenvalue weighted by molar-refractivity contribution is -0.146. The number of amides is 1. The first-order valence-electron chi connectivity index (χ1n) is 10.8. The van der Waals surface area contributed by atoms with Crippen molar-refractivity contribution in [2.45, 2.75) is 38.5 Å². The fraction of sp³-hybridized carbons (Fsp3) is 0.385. The summed E-state index contributed by atoms with van der Waals surface area (Å²) < 4.78 is 5.35. The minimum atomic E-state index is -0.459. The number of nitrogens with one attached hydrogen (secondary N) is 1. The van der Waals surface area contributed by atoms with Crippen molar-refractivity contribution in [3.8, 4) is 0 Å². The molecule has 1 aliphatic heterocycles. The number of aryl methyl sites for hydroxylation is 1. The molecule has 2 aliphatic rings. The Morgan fingerprint density at radius 2 is 1.83 bits per heavy atom. The van der Waals surface area contributed by atoms with Gasteiger partial charge < -0.3 is 10.1 Å². The summed E-state index contributed by atoms with van der Waals surface area (Å²) in [7, 11) is 0. The number of fused-ring (bicyclic) bond motifs is 1. The van der Waals surface area contributed by atoms with Gasteiger partial charge in [0.2, 0.25) is 0 Å². The van der Waals surface area contributed by atoms with E-state index in [2.05, 4.69) is 36.2 Å². The monoisotopic (exact) mass is 403 g/mol. The summed E-state index contributed by atoms with van der Waals surface area (Å²) in [4.78, 5) is 24.9. The molecule has 0 unspecified atom stereocenters. The van der Waals surface area contributed by atoms with E-state index in [1.807, 2.05) is 30.3 Å². The van der Waals surface area contributed by atoms with Crippen LogP contribution in [0.2, 0.25) is 0 Å². The van der Waals surface area contributed by atoms with Crippen molar-refractivity contribution in [3.63, 3.8) is 0 Å². The van der Waals surface area contributed by atoms with Gasteiger partial charge in [-0.05, 0) is 61.8 Å². The van der Waals surface area contributed by atoms with Crippen LogP contribution in [0, 0.1) is 11.3 Å². The lowest BCUT2D eigenvalue weighted by Gasteiger charge is -2.24. The van der Waals surface area contributed by atoms with Crippen LogP contribution in [0.25, 0.3) is 0 Å². The zero-order valence-corrected chi connectivity index (χ0v) is 17.4. The van der Waals surface area contributed by atoms with E-state index in [1.165, 1.54) is 5.56 Å². The van der Waals surface area contributed by atoms with E-state index in [0.717, 1.165) is 36.8 Å². The summed E-state index contributed by atoms with van der Waals surface area (Å²) in [5.74, 6) is 0.0895. The van der Waals surface area contributed by atoms with Gasteiger partial charge in [-0.25, -0.2) is 0 Å². The Bertz CT molecular complexity index is 919. The van der Waals surface area contributed by atoms with Crippen molar-refractivity contribution in [1.82, 2.24) is 5.32 Å². The molecule has 0 radical (unpaired) electrons. The Labute approximate surface area is 178 Å². The molecule has 0 aromatic heterocycles. The summed E-state index contributed by atoms with van der Waals surface area (Å²) in [5, 5.41) is 3.00. The minimum Gasteiger partial charge on any atom is -0.465 e. The van der Waals surface area contributed by atoms with Crippen LogP contribution in [0.1, 0.15) is 47.2 Å². The second kappa shape index (κ2) is 8.86. The van der Waals surface area contributed by atoms with E-state index in [9.17, 15) is 9.59 Å². The predicted octanol–water partition coefficient (Wildman–Crippen LogP) is 4.49. The average Bonchev–Trinajstić information content (AvgIpc) is 3.22. The number of cyclic esters (lactones) is 1. The Kier molecular flexibility index (Phi) is 6.03. The normalized spacial score (nSPS) is 22.6. The van der Waals surface area contributed by atoms with Gasteiger partial charge in [-0.3, -0.25) is 9.59 Å². The number of hydrogen-bond acceptors (Lipinski definition) is 3. The predicted molar refractivity (Wildman–Crippen MR) is 117 cm³/mol. The second-order valence-corrected chi connectivity index (χ2v) is 8.65. The van der Waals surface area contributed by atoms with Gasteiger partial charge in [-0.2, -0.15) is 0 Å². The fourth-order valence-corrected chi connectivity index (χ4v) is 4.80. The number of ether oxygens (including phenoxy) is 1. The van der Waals surface area contributed by atoms with E-state index in [4.69, 9.17) is 4.74 Å². The third-order valence-electron chi connectivity index (χ3n) is 6.46. The SMILES string of the molecule is C=C1C[C@@H]2COC(=O)[C@]2(Cc2ccc(C(=O)NCCCCc3ccccc3)cc2)C1. The number of carbonyl (C=O) groups excluding carboxylic acids is 2. The number of unbranched alkanes of at least 4 members (excludes halogenated alkanes) is 1. The molecule has 0 spiro atoms. The standard InChI is InChI=1S/C26H29NO3/c1-19-15-23-18-30-25(29)26(23,16-19)17-21-10-12-22(13-11-21)24(28)27-14-6-5-9-20-7-3-2-4-8-20/h2-4,7-8,10-13,23H,1,5-6,9,14-18H2,(H,27,28)/t23-,26+/m1/s1. The van der Waals surface area contributed by atoms with Gasteiger partial charge in [-0.1, -0.05) is 54.6 Å². The maximum absolute atomic E-state index is 12.4. The number of benzene rings is 2. The van der Waals surface area contributed by atoms with E-state index in [-0.39, 0.29) is 17.8 Å². The molecule has 30 heavy (non-hydrogen) atoms. The summed E-state index contributed by atoms with van der Waals surface area (Å²) in [6, 6.07) is 18.0. The first kappa shape index (κ1) is 20.4. The third-order valence-corrected chi connectivity index (χ3v) is 6.46. The van der Waals surface area contributed by atoms with Crippen LogP contribution >= 0.6 is 0 Å². The summed E-state index contributed by atoms with van der Waals surface area (Å²) >= 11 is 0. The summed E-state index contributed by atoms with van der Waals surface area (Å²) in [6.07, 6.45) is 5.26. The van der Waals surface area contributed by atoms with E-state index < -0.39 is 5.41 Å². The topological polar surface area (TPSA) is 55.4 Å². The van der Waals surface area contributed by atoms with Crippen molar-refractivity contribution in [3.05, 3.63) is 83.4 Å². The van der Waals surface area contributed by atoms with Crippen molar-refractivity contribution in [1.29, 1.82) is 0 Å². The molecule has 1 N–H and O–H groups in total. The fourth-order valence-electron chi connectivity index (χ4n) is 4.80. The van der Waals surface area contributed by atoms with Gasteiger partial charge in [0, 0.05) is 18.0 Å². The first-order valence-corrected chi connectivity index (χ1v) is 10.8. The molecule has 4 rings (SSSR count). The first-order chi connectivity index (χ1) is 14.6. The molecule has 2 aromatic carbocycles. The largest absolute Gasteiger partial charge is 0.465 e. The van der Waals surface area contributed by atoms with Crippen molar-refractivity contribution >= 4 is 11.9 Å². The molecule has 4 heteroatoms. The molecule has 1 amide bonds. The molecule has 2 fully saturated rings. The lowest BCUT2D eigenvalue weighted by Crippen LogP contribution is -2.31. The summed E-state index contributed by atoms with van der Waals surface area (Å²) in [6.45, 7) is 5.27. The van der Waals surface area contributed by atoms with Crippen LogP contribution < -0.4 is 5.32 Å². The van der Waals surface area contributed by atoms with Gasteiger partial charge in [0.1, 0.15) is 0 Å². The van der Waals surface area contributed by atoms with E-state index in [1.54, 1.807) is 0 Å². The number of rotatable bonds is 8. The number of esters is 1. The highest BCUT2D eigenvalue weighted by Gasteiger charge is 2.55. The van der Waals surface area contributed by atoms with E-state index >= 15 is 0 Å². The van der Waals surface area contributed by atoms with Gasteiger partial charge in [0.05, 0.1) is 12.0 Å². The molecule has 1 saturated heterocycles. The molecule has 1 heterocycles. The Morgan fingerprint density at radius 3 is 2.60 bits per heavy atom. The molecule has 0 bridgehead atoms. The Hall–Kier alpha value is -2.88. The molecule has 1 aliphatic carbocycles. The van der Waals surface area contributed by atoms with Crippen molar-refractivity contribution in [2.24, 2.45) is 11.3 Å². The van der Waals surface area contributed by atoms with E-state index in [0.29, 0.717) is 31.6 Å². The van der Waals surface area contributed by atoms with Crippen LogP contribution in [0.3, 0.4) is 0 Å². The highest BCUT2D eigenvalue weighted by atomic mass is 16.5. The molecular weight excluding hydrogens is 374 g/mol. The van der Waals surface area contributed by atoms with Crippen molar-refractivity contribution in [2.75, 3.05) is 13.2 Å². The van der Waals surface area contributed by atoms with Gasteiger partial charge in [-0.15, -0.1) is 0 Å².